The summed E-state index contributed by atoms with van der Waals surface area (Å²) in [6.07, 6.45) is 4.60. The summed E-state index contributed by atoms with van der Waals surface area (Å²) in [5.41, 5.74) is 6.39. The lowest BCUT2D eigenvalue weighted by molar-refractivity contribution is 0.514. The van der Waals surface area contributed by atoms with Crippen molar-refractivity contribution in [3.05, 3.63) is 83.8 Å². The Bertz CT molecular complexity index is 1200. The van der Waals surface area contributed by atoms with E-state index in [9.17, 15) is 0 Å². The second kappa shape index (κ2) is 9.06. The van der Waals surface area contributed by atoms with Gasteiger partial charge in [0, 0.05) is 17.9 Å². The third kappa shape index (κ3) is 4.78. The van der Waals surface area contributed by atoms with Gasteiger partial charge in [-0.3, -0.25) is 0 Å². The van der Waals surface area contributed by atoms with Crippen molar-refractivity contribution in [2.75, 3.05) is 0 Å². The molecule has 4 nitrogen and oxygen atoms in total. The Hall–Kier alpha value is -3.58. The summed E-state index contributed by atoms with van der Waals surface area (Å²) in [4.78, 5) is 15.5. The molecule has 4 heteroatoms. The van der Waals surface area contributed by atoms with Crippen molar-refractivity contribution in [2.24, 2.45) is 5.92 Å². The lowest BCUT2D eigenvalue weighted by Gasteiger charge is -2.12. The number of hydrogen-bond donors (Lipinski definition) is 2. The highest BCUT2D eigenvalue weighted by molar-refractivity contribution is 5.69. The second-order valence-electron chi connectivity index (χ2n) is 8.22. The first-order valence-corrected chi connectivity index (χ1v) is 10.8. The summed E-state index contributed by atoms with van der Waals surface area (Å²) in [6, 6.07) is 16.9. The van der Waals surface area contributed by atoms with Gasteiger partial charge in [-0.2, -0.15) is 0 Å². The summed E-state index contributed by atoms with van der Waals surface area (Å²) in [6.45, 7) is 8.72. The van der Waals surface area contributed by atoms with Crippen LogP contribution in [0.25, 0.3) is 22.4 Å². The van der Waals surface area contributed by atoms with E-state index in [1.54, 1.807) is 6.20 Å². The monoisotopic (exact) mass is 408 g/mol. The zero-order valence-corrected chi connectivity index (χ0v) is 18.5. The molecule has 1 atom stereocenters. The molecule has 1 unspecified atom stereocenters. The molecular weight excluding hydrogens is 380 g/mol. The minimum atomic E-state index is 0.414. The van der Waals surface area contributed by atoms with E-state index in [2.05, 4.69) is 108 Å². The number of imidazole rings is 2. The average Bonchev–Trinajstić information content (AvgIpc) is 3.47. The summed E-state index contributed by atoms with van der Waals surface area (Å²) >= 11 is 0. The molecule has 156 valence electrons. The van der Waals surface area contributed by atoms with Gasteiger partial charge in [0.15, 0.2) is 0 Å². The van der Waals surface area contributed by atoms with Crippen LogP contribution in [0.5, 0.6) is 0 Å². The Balaban J connectivity index is 1.47. The first-order chi connectivity index (χ1) is 15.0. The van der Waals surface area contributed by atoms with Crippen molar-refractivity contribution in [1.82, 2.24) is 19.9 Å². The number of hydrogen-bond acceptors (Lipinski definition) is 2. The number of aromatic amines is 2. The van der Waals surface area contributed by atoms with Crippen LogP contribution < -0.4 is 0 Å². The summed E-state index contributed by atoms with van der Waals surface area (Å²) in [5.74, 6) is 9.32. The maximum atomic E-state index is 4.57. The predicted octanol–water partition coefficient (Wildman–Crippen LogP) is 6.19. The van der Waals surface area contributed by atoms with Crippen LogP contribution in [0.4, 0.5) is 0 Å². The largest absolute Gasteiger partial charge is 0.342 e. The molecule has 4 aromatic rings. The molecule has 0 spiro atoms. The highest BCUT2D eigenvalue weighted by Gasteiger charge is 2.14. The van der Waals surface area contributed by atoms with Gasteiger partial charge in [0.05, 0.1) is 18.1 Å². The van der Waals surface area contributed by atoms with Crippen molar-refractivity contribution < 1.29 is 0 Å². The van der Waals surface area contributed by atoms with Gasteiger partial charge in [0.25, 0.3) is 0 Å². The Morgan fingerprint density at radius 2 is 1.42 bits per heavy atom. The average molecular weight is 409 g/mol. The van der Waals surface area contributed by atoms with Crippen molar-refractivity contribution in [3.8, 4) is 34.2 Å². The molecule has 2 N–H and O–H groups in total. The smallest absolute Gasteiger partial charge is 0.110 e. The third-order valence-electron chi connectivity index (χ3n) is 5.75. The van der Waals surface area contributed by atoms with E-state index in [4.69, 9.17) is 0 Å². The molecule has 2 aromatic carbocycles. The van der Waals surface area contributed by atoms with Gasteiger partial charge in [0.2, 0.25) is 0 Å². The molecule has 0 saturated carbocycles. The number of aryl methyl sites for hydroxylation is 1. The van der Waals surface area contributed by atoms with E-state index in [-0.39, 0.29) is 0 Å². The fourth-order valence-electron chi connectivity index (χ4n) is 3.36. The minimum absolute atomic E-state index is 0.414. The molecule has 0 aliphatic carbocycles. The normalized spacial score (nSPS) is 11.9. The van der Waals surface area contributed by atoms with E-state index >= 15 is 0 Å². The van der Waals surface area contributed by atoms with E-state index in [1.807, 2.05) is 6.20 Å². The number of aromatic nitrogens is 4. The Morgan fingerprint density at radius 3 is 2.03 bits per heavy atom. The van der Waals surface area contributed by atoms with E-state index < -0.39 is 0 Å². The van der Waals surface area contributed by atoms with Crippen molar-refractivity contribution in [3.63, 3.8) is 0 Å². The van der Waals surface area contributed by atoms with Gasteiger partial charge < -0.3 is 9.97 Å². The zero-order valence-electron chi connectivity index (χ0n) is 18.5. The molecule has 0 bridgehead atoms. The molecule has 0 aliphatic heterocycles. The molecule has 0 radical (unpaired) electrons. The van der Waals surface area contributed by atoms with Crippen molar-refractivity contribution in [2.45, 2.75) is 40.0 Å². The van der Waals surface area contributed by atoms with Gasteiger partial charge in [-0.1, -0.05) is 70.0 Å². The van der Waals surface area contributed by atoms with Crippen molar-refractivity contribution in [1.29, 1.82) is 0 Å². The van der Waals surface area contributed by atoms with Gasteiger partial charge in [-0.25, -0.2) is 9.97 Å². The van der Waals surface area contributed by atoms with Gasteiger partial charge in [0.1, 0.15) is 17.3 Å². The standard InChI is InChI=1S/C27H28N4/c1-5-26-28-16-24(30-26)15-8-20-6-9-21(10-7-20)22-11-13-23(14-12-22)25-17-29-27(31-25)19(4)18(2)3/h6-7,9-14,16-19H,5H2,1-4H3,(H,28,30)(H,29,31). The molecular formula is C27H28N4. The topological polar surface area (TPSA) is 57.4 Å². The SMILES string of the molecule is CCc1ncc(C#Cc2ccc(-c3ccc(-c4cnc(C(C)C(C)C)[nH]4)cc3)cc2)[nH]1. The van der Waals surface area contributed by atoms with Gasteiger partial charge in [-0.15, -0.1) is 0 Å². The van der Waals surface area contributed by atoms with Crippen molar-refractivity contribution >= 4 is 0 Å². The summed E-state index contributed by atoms with van der Waals surface area (Å²) < 4.78 is 0. The predicted molar refractivity (Wildman–Crippen MR) is 127 cm³/mol. The summed E-state index contributed by atoms with van der Waals surface area (Å²) in [5, 5.41) is 0. The Labute approximate surface area is 184 Å². The number of nitrogens with zero attached hydrogens (tertiary/aromatic N) is 2. The highest BCUT2D eigenvalue weighted by Crippen LogP contribution is 2.27. The van der Waals surface area contributed by atoms with Crippen LogP contribution in [0.2, 0.25) is 0 Å². The summed E-state index contributed by atoms with van der Waals surface area (Å²) in [7, 11) is 0. The quantitative estimate of drug-likeness (QED) is 0.387. The maximum absolute atomic E-state index is 4.57. The first-order valence-electron chi connectivity index (χ1n) is 10.8. The van der Waals surface area contributed by atoms with E-state index in [0.29, 0.717) is 11.8 Å². The molecule has 31 heavy (non-hydrogen) atoms. The second-order valence-corrected chi connectivity index (χ2v) is 8.22. The third-order valence-corrected chi connectivity index (χ3v) is 5.75. The zero-order chi connectivity index (χ0) is 21.8. The molecule has 0 amide bonds. The maximum Gasteiger partial charge on any atom is 0.110 e. The minimum Gasteiger partial charge on any atom is -0.342 e. The molecule has 4 rings (SSSR count). The molecule has 0 fully saturated rings. The van der Waals surface area contributed by atoms with Crippen LogP contribution in [0.1, 0.15) is 56.5 Å². The lowest BCUT2D eigenvalue weighted by Crippen LogP contribution is -2.03. The van der Waals surface area contributed by atoms with E-state index in [0.717, 1.165) is 40.6 Å². The van der Waals surface area contributed by atoms with Crippen LogP contribution in [0.3, 0.4) is 0 Å². The van der Waals surface area contributed by atoms with Crippen LogP contribution in [-0.2, 0) is 6.42 Å². The molecule has 0 saturated heterocycles. The highest BCUT2D eigenvalue weighted by atomic mass is 14.9. The Morgan fingerprint density at radius 1 is 0.774 bits per heavy atom. The molecule has 2 aromatic heterocycles. The fourth-order valence-corrected chi connectivity index (χ4v) is 3.36. The number of rotatable bonds is 5. The Kier molecular flexibility index (Phi) is 6.04. The van der Waals surface area contributed by atoms with Crippen LogP contribution >= 0.6 is 0 Å². The number of H-pyrrole nitrogens is 2. The van der Waals surface area contributed by atoms with Gasteiger partial charge in [-0.05, 0) is 40.7 Å². The van der Waals surface area contributed by atoms with E-state index in [1.165, 1.54) is 11.1 Å². The first kappa shape index (κ1) is 20.7. The number of benzene rings is 2. The van der Waals surface area contributed by atoms with Gasteiger partial charge >= 0.3 is 0 Å². The number of nitrogens with one attached hydrogen (secondary N) is 2. The molecule has 0 aliphatic rings. The van der Waals surface area contributed by atoms with Crippen LogP contribution in [0.15, 0.2) is 60.9 Å². The molecule has 2 heterocycles. The fraction of sp³-hybridized carbons (Fsp3) is 0.259. The lowest BCUT2D eigenvalue weighted by atomic mass is 9.98. The van der Waals surface area contributed by atoms with Crippen LogP contribution in [-0.4, -0.2) is 19.9 Å². The van der Waals surface area contributed by atoms with Crippen LogP contribution in [0, 0.1) is 17.8 Å².